The lowest BCUT2D eigenvalue weighted by Crippen LogP contribution is -2.29. The third-order valence-corrected chi connectivity index (χ3v) is 3.07. The van der Waals surface area contributed by atoms with Crippen molar-refractivity contribution in [3.05, 3.63) is 0 Å². The molecule has 0 saturated carbocycles. The molecule has 0 aromatic carbocycles. The highest BCUT2D eigenvalue weighted by atomic mass is 32.2. The number of carboxylic acids is 1. The van der Waals surface area contributed by atoms with Gasteiger partial charge < -0.3 is 10.8 Å². The summed E-state index contributed by atoms with van der Waals surface area (Å²) in [5.41, 5.74) is 5.61. The summed E-state index contributed by atoms with van der Waals surface area (Å²) in [4.78, 5) is 10.3. The first-order valence-corrected chi connectivity index (χ1v) is 5.07. The minimum Gasteiger partial charge on any atom is -0.480 e. The lowest BCUT2D eigenvalue weighted by Gasteiger charge is -2.24. The average Bonchev–Trinajstić information content (AvgIpc) is 2.00. The standard InChI is InChI=1S/C8H18N2O2S/c1-8(2,5-9)6-13-10(3)4-7(11)12/h4-6,9H2,1-3H3,(H,11,12). The van der Waals surface area contributed by atoms with Gasteiger partial charge in [0.1, 0.15) is 6.54 Å². The Morgan fingerprint density at radius 2 is 2.15 bits per heavy atom. The molecule has 0 amide bonds. The molecule has 0 heterocycles. The minimum absolute atomic E-state index is 0.0608. The van der Waals surface area contributed by atoms with Crippen LogP contribution in [0.5, 0.6) is 0 Å². The van der Waals surface area contributed by atoms with Crippen molar-refractivity contribution in [3.63, 3.8) is 0 Å². The Kier molecular flexibility index (Phi) is 5.36. The van der Waals surface area contributed by atoms with Crippen LogP contribution in [0.25, 0.3) is 0 Å². The van der Waals surface area contributed by atoms with Crippen LogP contribution in [0.3, 0.4) is 0 Å². The third-order valence-electron chi connectivity index (χ3n) is 1.59. The van der Waals surface area contributed by atoms with Gasteiger partial charge in [-0.2, -0.15) is 0 Å². The quantitative estimate of drug-likeness (QED) is 0.624. The molecule has 0 rings (SSSR count). The summed E-state index contributed by atoms with van der Waals surface area (Å²) >= 11 is 1.51. The first-order chi connectivity index (χ1) is 5.87. The van der Waals surface area contributed by atoms with Gasteiger partial charge in [0.05, 0.1) is 0 Å². The molecule has 0 radical (unpaired) electrons. The van der Waals surface area contributed by atoms with E-state index in [0.717, 1.165) is 5.75 Å². The van der Waals surface area contributed by atoms with E-state index in [0.29, 0.717) is 6.54 Å². The molecule has 0 aromatic rings. The second kappa shape index (κ2) is 5.47. The molecule has 0 spiro atoms. The number of rotatable bonds is 6. The van der Waals surface area contributed by atoms with Crippen LogP contribution in [0.1, 0.15) is 13.8 Å². The molecule has 0 aliphatic heterocycles. The van der Waals surface area contributed by atoms with E-state index >= 15 is 0 Å². The van der Waals surface area contributed by atoms with E-state index in [9.17, 15) is 4.79 Å². The Morgan fingerprint density at radius 1 is 1.62 bits per heavy atom. The van der Waals surface area contributed by atoms with Gasteiger partial charge in [-0.05, 0) is 19.0 Å². The second-order valence-corrected chi connectivity index (χ2v) is 4.99. The fraction of sp³-hybridized carbons (Fsp3) is 0.875. The molecule has 13 heavy (non-hydrogen) atoms. The SMILES string of the molecule is CN(CC(=O)O)SCC(C)(C)CN. The zero-order valence-electron chi connectivity index (χ0n) is 8.41. The Labute approximate surface area is 83.6 Å². The molecule has 0 fully saturated rings. The average molecular weight is 206 g/mol. The molecule has 0 aliphatic rings. The van der Waals surface area contributed by atoms with Crippen LogP contribution in [0.2, 0.25) is 0 Å². The summed E-state index contributed by atoms with van der Waals surface area (Å²) in [7, 11) is 1.77. The fourth-order valence-electron chi connectivity index (χ4n) is 0.580. The van der Waals surface area contributed by atoms with Crippen molar-refractivity contribution in [3.8, 4) is 0 Å². The van der Waals surface area contributed by atoms with Crippen LogP contribution in [0, 0.1) is 5.41 Å². The molecular formula is C8H18N2O2S. The summed E-state index contributed by atoms with van der Waals surface area (Å²) in [5.74, 6) is 0.0355. The summed E-state index contributed by atoms with van der Waals surface area (Å²) in [6, 6.07) is 0. The number of nitrogens with zero attached hydrogens (tertiary/aromatic N) is 1. The van der Waals surface area contributed by atoms with Crippen molar-refractivity contribution < 1.29 is 9.90 Å². The van der Waals surface area contributed by atoms with Crippen molar-refractivity contribution in [1.82, 2.24) is 4.31 Å². The van der Waals surface area contributed by atoms with Crippen LogP contribution in [-0.4, -0.2) is 41.3 Å². The maximum Gasteiger partial charge on any atom is 0.318 e. The van der Waals surface area contributed by atoms with Gasteiger partial charge in [0.15, 0.2) is 0 Å². The molecule has 5 heteroatoms. The van der Waals surface area contributed by atoms with Gasteiger partial charge in [0, 0.05) is 5.75 Å². The van der Waals surface area contributed by atoms with Gasteiger partial charge in [-0.15, -0.1) is 0 Å². The second-order valence-electron chi connectivity index (χ2n) is 3.82. The highest BCUT2D eigenvalue weighted by Gasteiger charge is 2.17. The molecule has 0 saturated heterocycles. The minimum atomic E-state index is -0.805. The van der Waals surface area contributed by atoms with Gasteiger partial charge in [0.25, 0.3) is 0 Å². The van der Waals surface area contributed by atoms with Crippen LogP contribution >= 0.6 is 11.9 Å². The molecule has 0 bridgehead atoms. The number of hydrogen-bond acceptors (Lipinski definition) is 4. The Morgan fingerprint density at radius 3 is 2.54 bits per heavy atom. The molecule has 4 nitrogen and oxygen atoms in total. The zero-order valence-corrected chi connectivity index (χ0v) is 9.23. The summed E-state index contributed by atoms with van der Waals surface area (Å²) in [6.07, 6.45) is 0. The van der Waals surface area contributed by atoms with Crippen molar-refractivity contribution in [2.24, 2.45) is 11.1 Å². The highest BCUT2D eigenvalue weighted by molar-refractivity contribution is 7.97. The van der Waals surface area contributed by atoms with E-state index in [1.807, 2.05) is 0 Å². The molecule has 78 valence electrons. The molecule has 0 unspecified atom stereocenters. The first kappa shape index (κ1) is 12.7. The van der Waals surface area contributed by atoms with E-state index in [1.165, 1.54) is 11.9 Å². The van der Waals surface area contributed by atoms with Gasteiger partial charge in [-0.3, -0.25) is 4.79 Å². The smallest absolute Gasteiger partial charge is 0.318 e. The summed E-state index contributed by atoms with van der Waals surface area (Å²) in [6.45, 7) is 4.80. The Balaban J connectivity index is 3.69. The van der Waals surface area contributed by atoms with Crippen molar-refractivity contribution >= 4 is 17.9 Å². The maximum atomic E-state index is 10.3. The van der Waals surface area contributed by atoms with E-state index in [2.05, 4.69) is 13.8 Å². The van der Waals surface area contributed by atoms with Crippen molar-refractivity contribution in [2.75, 3.05) is 25.9 Å². The zero-order chi connectivity index (χ0) is 10.5. The van der Waals surface area contributed by atoms with Gasteiger partial charge >= 0.3 is 5.97 Å². The number of carbonyl (C=O) groups is 1. The first-order valence-electron chi connectivity index (χ1n) is 4.13. The van der Waals surface area contributed by atoms with Gasteiger partial charge in [-0.1, -0.05) is 25.8 Å². The monoisotopic (exact) mass is 206 g/mol. The number of hydrogen-bond donors (Lipinski definition) is 2. The van der Waals surface area contributed by atoms with Crippen molar-refractivity contribution in [2.45, 2.75) is 13.8 Å². The lowest BCUT2D eigenvalue weighted by atomic mass is 9.97. The predicted octanol–water partition coefficient (Wildman–Crippen LogP) is 0.636. The number of aliphatic carboxylic acids is 1. The third kappa shape index (κ3) is 6.86. The highest BCUT2D eigenvalue weighted by Crippen LogP contribution is 2.21. The van der Waals surface area contributed by atoms with Crippen LogP contribution in [0.15, 0.2) is 0 Å². The van der Waals surface area contributed by atoms with E-state index in [4.69, 9.17) is 10.8 Å². The van der Waals surface area contributed by atoms with Gasteiger partial charge in [0.2, 0.25) is 0 Å². The van der Waals surface area contributed by atoms with Crippen LogP contribution in [-0.2, 0) is 4.79 Å². The molecule has 0 aromatic heterocycles. The maximum absolute atomic E-state index is 10.3. The van der Waals surface area contributed by atoms with Gasteiger partial charge in [-0.25, -0.2) is 4.31 Å². The molecular weight excluding hydrogens is 188 g/mol. The molecule has 0 aliphatic carbocycles. The van der Waals surface area contributed by atoms with E-state index in [-0.39, 0.29) is 12.0 Å². The van der Waals surface area contributed by atoms with Crippen molar-refractivity contribution in [1.29, 1.82) is 0 Å². The Bertz CT molecular complexity index is 174. The molecule has 0 atom stereocenters. The fourth-order valence-corrected chi connectivity index (χ4v) is 1.47. The number of nitrogens with two attached hydrogens (primary N) is 1. The normalized spacial score (nSPS) is 12.1. The topological polar surface area (TPSA) is 66.6 Å². The Hall–Kier alpha value is -0.260. The largest absolute Gasteiger partial charge is 0.480 e. The lowest BCUT2D eigenvalue weighted by molar-refractivity contribution is -0.136. The van der Waals surface area contributed by atoms with Crippen LogP contribution in [0.4, 0.5) is 0 Å². The number of likely N-dealkylation sites (N-methyl/N-ethyl adjacent to an activating group) is 1. The van der Waals surface area contributed by atoms with Crippen LogP contribution < -0.4 is 5.73 Å². The van der Waals surface area contributed by atoms with E-state index in [1.54, 1.807) is 11.4 Å². The summed E-state index contributed by atoms with van der Waals surface area (Å²) < 4.78 is 1.71. The number of carboxylic acid groups (broad SMARTS) is 1. The summed E-state index contributed by atoms with van der Waals surface area (Å²) in [5, 5.41) is 8.49. The predicted molar refractivity (Wildman–Crippen MR) is 55.6 cm³/mol. The molecule has 3 N–H and O–H groups in total. The van der Waals surface area contributed by atoms with E-state index < -0.39 is 5.97 Å².